The predicted octanol–water partition coefficient (Wildman–Crippen LogP) is 2.05. The first kappa shape index (κ1) is 20.7. The van der Waals surface area contributed by atoms with E-state index in [9.17, 15) is 14.7 Å². The van der Waals surface area contributed by atoms with Gasteiger partial charge in [0.1, 0.15) is 6.10 Å². The Balaban J connectivity index is 1.44. The number of hydrogen-bond donors (Lipinski definition) is 1. The molecule has 4 rings (SSSR count). The van der Waals surface area contributed by atoms with Crippen LogP contribution in [0.2, 0.25) is 0 Å². The van der Waals surface area contributed by atoms with E-state index in [1.54, 1.807) is 11.8 Å². The zero-order valence-corrected chi connectivity index (χ0v) is 17.8. The summed E-state index contributed by atoms with van der Waals surface area (Å²) in [6, 6.07) is 0. The third-order valence-electron chi connectivity index (χ3n) is 7.92. The standard InChI is InChI=1S/C22H34N2O5/c1-4-28-21(27)24-10-8-23(9-11-24)13-16-18-17(29-20(16)26)12-15-7-5-6-14(2)22(15,3)19(18)25/h7,14,16-19,25H,4-6,8-13H2,1-3H3/t14-,16?,17+,18+,19-,22+/m0/s1. The number of rotatable bonds is 3. The van der Waals surface area contributed by atoms with Crippen LogP contribution in [0.15, 0.2) is 11.6 Å². The summed E-state index contributed by atoms with van der Waals surface area (Å²) in [4.78, 5) is 28.6. The number of hydrogen-bond acceptors (Lipinski definition) is 6. The van der Waals surface area contributed by atoms with E-state index in [2.05, 4.69) is 24.8 Å². The summed E-state index contributed by atoms with van der Waals surface area (Å²) < 4.78 is 10.8. The maximum atomic E-state index is 12.7. The van der Waals surface area contributed by atoms with Crippen LogP contribution in [0.25, 0.3) is 0 Å². The molecular weight excluding hydrogens is 372 g/mol. The van der Waals surface area contributed by atoms with Gasteiger partial charge in [0.2, 0.25) is 0 Å². The van der Waals surface area contributed by atoms with Crippen molar-refractivity contribution >= 4 is 12.1 Å². The molecule has 0 aromatic heterocycles. The van der Waals surface area contributed by atoms with Crippen LogP contribution in [0, 0.1) is 23.2 Å². The fraction of sp³-hybridized carbons (Fsp3) is 0.818. The molecule has 6 atom stereocenters. The van der Waals surface area contributed by atoms with Crippen molar-refractivity contribution < 1.29 is 24.2 Å². The molecule has 0 aromatic carbocycles. The number of piperazine rings is 1. The highest BCUT2D eigenvalue weighted by atomic mass is 16.6. The van der Waals surface area contributed by atoms with Gasteiger partial charge in [-0.3, -0.25) is 9.69 Å². The van der Waals surface area contributed by atoms with E-state index in [0.717, 1.165) is 19.3 Å². The second-order valence-corrected chi connectivity index (χ2v) is 9.29. The first-order valence-electron chi connectivity index (χ1n) is 11.1. The SMILES string of the molecule is CCOC(=O)N1CCN(CC2C(=O)O[C@@H]3CC4=CCC[C@H](C)[C@@]4(C)[C@@H](O)[C@H]23)CC1. The Morgan fingerprint density at radius 2 is 2.07 bits per heavy atom. The lowest BCUT2D eigenvalue weighted by Gasteiger charge is -2.52. The molecule has 2 heterocycles. The smallest absolute Gasteiger partial charge is 0.409 e. The minimum Gasteiger partial charge on any atom is -0.461 e. The monoisotopic (exact) mass is 406 g/mol. The lowest BCUT2D eigenvalue weighted by Crippen LogP contribution is -2.56. The second-order valence-electron chi connectivity index (χ2n) is 9.29. The lowest BCUT2D eigenvalue weighted by atomic mass is 9.55. The molecule has 4 aliphatic rings. The molecule has 1 unspecified atom stereocenters. The average molecular weight is 407 g/mol. The number of carbonyl (C=O) groups is 2. The van der Waals surface area contributed by atoms with Gasteiger partial charge in [-0.1, -0.05) is 25.5 Å². The average Bonchev–Trinajstić information content (AvgIpc) is 3.00. The molecule has 29 heavy (non-hydrogen) atoms. The van der Waals surface area contributed by atoms with Crippen molar-refractivity contribution in [3.05, 3.63) is 11.6 Å². The van der Waals surface area contributed by atoms with Crippen LogP contribution in [0.5, 0.6) is 0 Å². The van der Waals surface area contributed by atoms with Crippen molar-refractivity contribution in [1.29, 1.82) is 0 Å². The number of nitrogens with zero attached hydrogens (tertiary/aromatic N) is 2. The van der Waals surface area contributed by atoms with Crippen molar-refractivity contribution in [2.45, 2.75) is 52.2 Å². The van der Waals surface area contributed by atoms with Crippen LogP contribution >= 0.6 is 0 Å². The van der Waals surface area contributed by atoms with Gasteiger partial charge in [0.15, 0.2) is 0 Å². The fourth-order valence-electron chi connectivity index (χ4n) is 5.88. The van der Waals surface area contributed by atoms with Crippen LogP contribution in [0.1, 0.15) is 40.0 Å². The van der Waals surface area contributed by atoms with Gasteiger partial charge in [0.05, 0.1) is 18.6 Å². The molecule has 1 saturated carbocycles. The minimum atomic E-state index is -0.569. The highest BCUT2D eigenvalue weighted by Crippen LogP contribution is 2.56. The molecule has 0 bridgehead atoms. The van der Waals surface area contributed by atoms with Crippen molar-refractivity contribution in [2.75, 3.05) is 39.3 Å². The molecule has 7 heteroatoms. The number of ether oxygens (including phenoxy) is 2. The summed E-state index contributed by atoms with van der Waals surface area (Å²) in [5.74, 6) is -0.254. The summed E-state index contributed by atoms with van der Waals surface area (Å²) in [5.41, 5.74) is 0.996. The first-order valence-corrected chi connectivity index (χ1v) is 11.1. The van der Waals surface area contributed by atoms with Gasteiger partial charge in [-0.25, -0.2) is 4.79 Å². The predicted molar refractivity (Wildman–Crippen MR) is 107 cm³/mol. The highest BCUT2D eigenvalue weighted by Gasteiger charge is 2.59. The van der Waals surface area contributed by atoms with Gasteiger partial charge < -0.3 is 19.5 Å². The van der Waals surface area contributed by atoms with E-state index in [1.807, 2.05) is 0 Å². The van der Waals surface area contributed by atoms with Crippen molar-refractivity contribution in [2.24, 2.45) is 23.2 Å². The van der Waals surface area contributed by atoms with Crippen LogP contribution in [0.4, 0.5) is 4.79 Å². The molecule has 2 saturated heterocycles. The summed E-state index contributed by atoms with van der Waals surface area (Å²) in [7, 11) is 0. The van der Waals surface area contributed by atoms with E-state index < -0.39 is 6.10 Å². The quantitative estimate of drug-likeness (QED) is 0.571. The molecular formula is C22H34N2O5. The number of aliphatic hydroxyl groups is 1. The molecule has 162 valence electrons. The van der Waals surface area contributed by atoms with E-state index >= 15 is 0 Å². The maximum absolute atomic E-state index is 12.7. The van der Waals surface area contributed by atoms with Gasteiger partial charge in [0, 0.05) is 50.5 Å². The van der Waals surface area contributed by atoms with Gasteiger partial charge in [-0.2, -0.15) is 0 Å². The topological polar surface area (TPSA) is 79.3 Å². The molecule has 7 nitrogen and oxygen atoms in total. The Kier molecular flexibility index (Phi) is 5.64. The molecule has 1 amide bonds. The van der Waals surface area contributed by atoms with E-state index in [4.69, 9.17) is 9.47 Å². The first-order chi connectivity index (χ1) is 13.9. The molecule has 3 fully saturated rings. The van der Waals surface area contributed by atoms with Crippen molar-refractivity contribution in [3.8, 4) is 0 Å². The lowest BCUT2D eigenvalue weighted by molar-refractivity contribution is -0.145. The van der Waals surface area contributed by atoms with Gasteiger partial charge in [0.25, 0.3) is 0 Å². The number of fused-ring (bicyclic) bond motifs is 2. The molecule has 2 aliphatic heterocycles. The van der Waals surface area contributed by atoms with Gasteiger partial charge >= 0.3 is 12.1 Å². The third kappa shape index (κ3) is 3.46. The van der Waals surface area contributed by atoms with E-state index in [0.29, 0.717) is 45.2 Å². The minimum absolute atomic E-state index is 0.159. The molecule has 2 aliphatic carbocycles. The normalized spacial score (nSPS) is 40.0. The van der Waals surface area contributed by atoms with Gasteiger partial charge in [-0.05, 0) is 25.7 Å². The van der Waals surface area contributed by atoms with Crippen LogP contribution in [0.3, 0.4) is 0 Å². The van der Waals surface area contributed by atoms with Crippen molar-refractivity contribution in [3.63, 3.8) is 0 Å². The molecule has 0 spiro atoms. The summed E-state index contributed by atoms with van der Waals surface area (Å²) >= 11 is 0. The summed E-state index contributed by atoms with van der Waals surface area (Å²) in [6.45, 7) is 9.75. The zero-order chi connectivity index (χ0) is 20.8. The maximum Gasteiger partial charge on any atom is 0.409 e. The van der Waals surface area contributed by atoms with E-state index in [1.165, 1.54) is 5.57 Å². The van der Waals surface area contributed by atoms with Gasteiger partial charge in [-0.15, -0.1) is 0 Å². The zero-order valence-electron chi connectivity index (χ0n) is 17.8. The Labute approximate surface area is 173 Å². The highest BCUT2D eigenvalue weighted by molar-refractivity contribution is 5.76. The molecule has 1 N–H and O–H groups in total. The number of allylic oxidation sites excluding steroid dienone is 1. The summed E-state index contributed by atoms with van der Waals surface area (Å²) in [5, 5.41) is 11.4. The molecule has 0 radical (unpaired) electrons. The second kappa shape index (κ2) is 7.91. The van der Waals surface area contributed by atoms with Crippen LogP contribution in [-0.4, -0.2) is 78.5 Å². The largest absolute Gasteiger partial charge is 0.461 e. The number of carbonyl (C=O) groups excluding carboxylic acids is 2. The Hall–Kier alpha value is -1.60. The number of esters is 1. The number of aliphatic hydroxyl groups excluding tert-OH is 1. The summed E-state index contributed by atoms with van der Waals surface area (Å²) in [6.07, 6.45) is 4.07. The Bertz CT molecular complexity index is 687. The van der Waals surface area contributed by atoms with Crippen LogP contribution < -0.4 is 0 Å². The Morgan fingerprint density at radius 1 is 1.34 bits per heavy atom. The Morgan fingerprint density at radius 3 is 2.76 bits per heavy atom. The third-order valence-corrected chi connectivity index (χ3v) is 7.92. The van der Waals surface area contributed by atoms with Crippen molar-refractivity contribution in [1.82, 2.24) is 9.80 Å². The van der Waals surface area contributed by atoms with E-state index in [-0.39, 0.29) is 35.4 Å². The molecule has 0 aromatic rings. The fourth-order valence-corrected chi connectivity index (χ4v) is 5.88. The van der Waals surface area contributed by atoms with Crippen LogP contribution in [-0.2, 0) is 14.3 Å². The number of amides is 1.